The summed E-state index contributed by atoms with van der Waals surface area (Å²) in [7, 11) is 1.67. The van der Waals surface area contributed by atoms with E-state index in [1.165, 1.54) is 0 Å². The van der Waals surface area contributed by atoms with Crippen molar-refractivity contribution in [2.75, 3.05) is 7.11 Å². The molecule has 0 amide bonds. The van der Waals surface area contributed by atoms with E-state index in [1.807, 2.05) is 0 Å². The van der Waals surface area contributed by atoms with Crippen LogP contribution >= 0.6 is 0 Å². The smallest absolute Gasteiger partial charge is 0.306 e. The van der Waals surface area contributed by atoms with E-state index in [0.717, 1.165) is 12.8 Å². The standard InChI is InChI=1S/C8H14O3/c1-5(8(9)10)6-3-7(4-6)11-2/h5-7H,3-4H2,1-2H3,(H,9,10). The molecule has 0 aliphatic heterocycles. The predicted octanol–water partition coefficient (Wildman–Crippen LogP) is 1.13. The molecule has 3 heteroatoms. The fourth-order valence-electron chi connectivity index (χ4n) is 1.41. The summed E-state index contributed by atoms with van der Waals surface area (Å²) in [6.07, 6.45) is 2.12. The van der Waals surface area contributed by atoms with Gasteiger partial charge in [0.05, 0.1) is 12.0 Å². The fourth-order valence-corrected chi connectivity index (χ4v) is 1.41. The molecule has 1 fully saturated rings. The van der Waals surface area contributed by atoms with E-state index in [4.69, 9.17) is 9.84 Å². The quantitative estimate of drug-likeness (QED) is 0.669. The molecule has 1 aliphatic rings. The van der Waals surface area contributed by atoms with Crippen molar-refractivity contribution in [1.82, 2.24) is 0 Å². The Bertz CT molecular complexity index is 149. The number of ether oxygens (including phenoxy) is 1. The van der Waals surface area contributed by atoms with E-state index < -0.39 is 5.97 Å². The van der Waals surface area contributed by atoms with Crippen LogP contribution in [0.1, 0.15) is 19.8 Å². The predicted molar refractivity (Wildman–Crippen MR) is 40.3 cm³/mol. The van der Waals surface area contributed by atoms with Crippen LogP contribution in [0, 0.1) is 11.8 Å². The third-order valence-electron chi connectivity index (χ3n) is 2.56. The van der Waals surface area contributed by atoms with Gasteiger partial charge in [0.2, 0.25) is 0 Å². The Morgan fingerprint density at radius 1 is 1.64 bits per heavy atom. The Kier molecular flexibility index (Phi) is 2.49. The van der Waals surface area contributed by atoms with Gasteiger partial charge in [0.15, 0.2) is 0 Å². The summed E-state index contributed by atoms with van der Waals surface area (Å²) in [6, 6.07) is 0. The molecule has 0 bridgehead atoms. The Labute approximate surface area is 66.4 Å². The lowest BCUT2D eigenvalue weighted by molar-refractivity contribution is -0.146. The highest BCUT2D eigenvalue weighted by molar-refractivity contribution is 5.70. The number of carboxylic acid groups (broad SMARTS) is 1. The molecule has 1 unspecified atom stereocenters. The lowest BCUT2D eigenvalue weighted by Crippen LogP contribution is -2.37. The number of methoxy groups -OCH3 is 1. The van der Waals surface area contributed by atoms with Gasteiger partial charge in [-0.2, -0.15) is 0 Å². The Balaban J connectivity index is 2.26. The van der Waals surface area contributed by atoms with Gasteiger partial charge < -0.3 is 9.84 Å². The van der Waals surface area contributed by atoms with E-state index >= 15 is 0 Å². The van der Waals surface area contributed by atoms with Crippen molar-refractivity contribution in [2.45, 2.75) is 25.9 Å². The van der Waals surface area contributed by atoms with Gasteiger partial charge in [-0.3, -0.25) is 4.79 Å². The summed E-state index contributed by atoms with van der Waals surface area (Å²) in [5, 5.41) is 8.64. The van der Waals surface area contributed by atoms with Crippen molar-refractivity contribution in [3.8, 4) is 0 Å². The molecule has 0 aromatic heterocycles. The molecule has 1 N–H and O–H groups in total. The molecule has 64 valence electrons. The highest BCUT2D eigenvalue weighted by atomic mass is 16.5. The summed E-state index contributed by atoms with van der Waals surface area (Å²) in [5.74, 6) is -0.566. The highest BCUT2D eigenvalue weighted by Crippen LogP contribution is 2.35. The molecule has 1 saturated carbocycles. The number of carboxylic acids is 1. The molecule has 0 saturated heterocycles. The molecule has 1 aliphatic carbocycles. The van der Waals surface area contributed by atoms with Crippen molar-refractivity contribution < 1.29 is 14.6 Å². The van der Waals surface area contributed by atoms with Crippen LogP contribution in [0.5, 0.6) is 0 Å². The van der Waals surface area contributed by atoms with Crippen molar-refractivity contribution in [2.24, 2.45) is 11.8 Å². The van der Waals surface area contributed by atoms with Crippen LogP contribution in [0.4, 0.5) is 0 Å². The molecule has 0 radical (unpaired) electrons. The van der Waals surface area contributed by atoms with Crippen LogP contribution in [0.15, 0.2) is 0 Å². The number of carbonyl (C=O) groups is 1. The van der Waals surface area contributed by atoms with Crippen LogP contribution < -0.4 is 0 Å². The number of rotatable bonds is 3. The highest BCUT2D eigenvalue weighted by Gasteiger charge is 2.35. The maximum atomic E-state index is 10.5. The number of hydrogen-bond donors (Lipinski definition) is 1. The van der Waals surface area contributed by atoms with Gasteiger partial charge in [0, 0.05) is 7.11 Å². The average Bonchev–Trinajstić information content (AvgIpc) is 1.85. The van der Waals surface area contributed by atoms with E-state index in [0.29, 0.717) is 12.0 Å². The Morgan fingerprint density at radius 3 is 2.55 bits per heavy atom. The van der Waals surface area contributed by atoms with E-state index in [2.05, 4.69) is 0 Å². The van der Waals surface area contributed by atoms with E-state index in [1.54, 1.807) is 14.0 Å². The van der Waals surface area contributed by atoms with Crippen LogP contribution in [0.3, 0.4) is 0 Å². The lowest BCUT2D eigenvalue weighted by Gasteiger charge is -2.36. The number of aliphatic carboxylic acids is 1. The maximum absolute atomic E-state index is 10.5. The lowest BCUT2D eigenvalue weighted by atomic mass is 9.74. The Morgan fingerprint density at radius 2 is 2.18 bits per heavy atom. The third-order valence-corrected chi connectivity index (χ3v) is 2.56. The minimum atomic E-state index is -0.690. The Hall–Kier alpha value is -0.570. The normalized spacial score (nSPS) is 32.5. The third kappa shape index (κ3) is 1.71. The second-order valence-corrected chi connectivity index (χ2v) is 3.22. The van der Waals surface area contributed by atoms with Gasteiger partial charge in [0.25, 0.3) is 0 Å². The molecular weight excluding hydrogens is 144 g/mol. The summed E-state index contributed by atoms with van der Waals surface area (Å²) in [4.78, 5) is 10.5. The summed E-state index contributed by atoms with van der Waals surface area (Å²) >= 11 is 0. The van der Waals surface area contributed by atoms with E-state index in [-0.39, 0.29) is 5.92 Å². The second-order valence-electron chi connectivity index (χ2n) is 3.22. The van der Waals surface area contributed by atoms with Crippen molar-refractivity contribution in [3.63, 3.8) is 0 Å². The van der Waals surface area contributed by atoms with Crippen LogP contribution in [0.2, 0.25) is 0 Å². The first-order chi connectivity index (χ1) is 5.15. The monoisotopic (exact) mass is 158 g/mol. The molecule has 1 atom stereocenters. The van der Waals surface area contributed by atoms with E-state index in [9.17, 15) is 4.79 Å². The van der Waals surface area contributed by atoms with Gasteiger partial charge in [-0.1, -0.05) is 6.92 Å². The molecule has 0 heterocycles. The molecule has 0 aromatic carbocycles. The fraction of sp³-hybridized carbons (Fsp3) is 0.875. The van der Waals surface area contributed by atoms with Crippen LogP contribution in [-0.2, 0) is 9.53 Å². The SMILES string of the molecule is COC1CC(C(C)C(=O)O)C1. The molecular formula is C8H14O3. The minimum absolute atomic E-state index is 0.207. The minimum Gasteiger partial charge on any atom is -0.481 e. The van der Waals surface area contributed by atoms with Gasteiger partial charge in [-0.25, -0.2) is 0 Å². The van der Waals surface area contributed by atoms with Gasteiger partial charge >= 0.3 is 5.97 Å². The van der Waals surface area contributed by atoms with Crippen molar-refractivity contribution in [1.29, 1.82) is 0 Å². The molecule has 1 rings (SSSR count). The largest absolute Gasteiger partial charge is 0.481 e. The van der Waals surface area contributed by atoms with Gasteiger partial charge in [0.1, 0.15) is 0 Å². The zero-order valence-corrected chi connectivity index (χ0v) is 6.91. The summed E-state index contributed by atoms with van der Waals surface area (Å²) in [5.41, 5.74) is 0. The first kappa shape index (κ1) is 8.53. The van der Waals surface area contributed by atoms with Crippen molar-refractivity contribution in [3.05, 3.63) is 0 Å². The first-order valence-electron chi connectivity index (χ1n) is 3.90. The van der Waals surface area contributed by atoms with Crippen LogP contribution in [0.25, 0.3) is 0 Å². The summed E-state index contributed by atoms with van der Waals surface area (Å²) in [6.45, 7) is 1.76. The van der Waals surface area contributed by atoms with Gasteiger partial charge in [-0.05, 0) is 18.8 Å². The topological polar surface area (TPSA) is 46.5 Å². The van der Waals surface area contributed by atoms with Crippen molar-refractivity contribution >= 4 is 5.97 Å². The second kappa shape index (κ2) is 3.22. The zero-order valence-electron chi connectivity index (χ0n) is 6.91. The molecule has 0 aromatic rings. The molecule has 0 spiro atoms. The van der Waals surface area contributed by atoms with Crippen LogP contribution in [-0.4, -0.2) is 24.3 Å². The first-order valence-corrected chi connectivity index (χ1v) is 3.90. The molecule has 11 heavy (non-hydrogen) atoms. The number of hydrogen-bond acceptors (Lipinski definition) is 2. The summed E-state index contributed by atoms with van der Waals surface area (Å²) < 4.78 is 5.05. The molecule has 3 nitrogen and oxygen atoms in total. The zero-order chi connectivity index (χ0) is 8.43. The maximum Gasteiger partial charge on any atom is 0.306 e. The average molecular weight is 158 g/mol. The van der Waals surface area contributed by atoms with Gasteiger partial charge in [-0.15, -0.1) is 0 Å².